The van der Waals surface area contributed by atoms with Crippen molar-refractivity contribution >= 4 is 33.1 Å². The number of aromatic nitrogens is 4. The Balaban J connectivity index is 1.74. The second-order valence-electron chi connectivity index (χ2n) is 9.63. The minimum absolute atomic E-state index is 0.0195. The highest BCUT2D eigenvalue weighted by Crippen LogP contribution is 2.23. The van der Waals surface area contributed by atoms with E-state index in [1.54, 1.807) is 6.07 Å². The molecule has 0 amide bonds. The van der Waals surface area contributed by atoms with Gasteiger partial charge in [0.05, 0.1) is 0 Å². The fourth-order valence-electron chi connectivity index (χ4n) is 5.67. The molecule has 0 fully saturated rings. The number of unbranched alkanes of at least 4 members (excludes halogenated alkanes) is 3. The fourth-order valence-corrected chi connectivity index (χ4v) is 5.67. The Morgan fingerprint density at radius 2 is 1.61 bits per heavy atom. The molecule has 0 saturated heterocycles. The molecular formula is C26H24N6O4. The molecule has 4 heterocycles. The molecule has 5 aromatic rings. The van der Waals surface area contributed by atoms with Gasteiger partial charge in [0.15, 0.2) is 0 Å². The van der Waals surface area contributed by atoms with Gasteiger partial charge in [-0.05, 0) is 50.2 Å². The maximum atomic E-state index is 13.8. The number of aryl methyl sites for hydroxylation is 2. The molecule has 182 valence electrons. The van der Waals surface area contributed by atoms with E-state index in [0.29, 0.717) is 24.8 Å². The fraction of sp³-hybridized carbons (Fsp3) is 0.385. The van der Waals surface area contributed by atoms with Crippen LogP contribution in [-0.2, 0) is 19.3 Å². The zero-order valence-electron chi connectivity index (χ0n) is 19.9. The largest absolute Gasteiger partial charge is 0.287 e. The highest BCUT2D eigenvalue weighted by atomic mass is 16.2. The first-order valence-corrected chi connectivity index (χ1v) is 12.4. The molecule has 0 spiro atoms. The second kappa shape index (κ2) is 7.97. The first-order valence-electron chi connectivity index (χ1n) is 12.4. The Hall–Kier alpha value is -4.08. The average Bonchev–Trinajstić information content (AvgIpc) is 3.33. The van der Waals surface area contributed by atoms with E-state index in [4.69, 9.17) is 10.8 Å². The zero-order valence-corrected chi connectivity index (χ0v) is 19.9. The van der Waals surface area contributed by atoms with Crippen molar-refractivity contribution in [3.05, 3.63) is 74.9 Å². The Kier molecular flexibility index (Phi) is 4.96. The molecule has 0 aliphatic heterocycles. The number of nitrogens with zero attached hydrogens (tertiary/aromatic N) is 4. The minimum Gasteiger partial charge on any atom is -0.287 e. The van der Waals surface area contributed by atoms with Crippen molar-refractivity contribution in [2.24, 2.45) is 0 Å². The summed E-state index contributed by atoms with van der Waals surface area (Å²) >= 11 is 0. The van der Waals surface area contributed by atoms with E-state index in [9.17, 15) is 19.2 Å². The number of fused-ring (bicyclic) bond motifs is 7. The quantitative estimate of drug-likeness (QED) is 0.281. The molecule has 6 rings (SSSR count). The monoisotopic (exact) mass is 484 g/mol. The predicted molar refractivity (Wildman–Crippen MR) is 134 cm³/mol. The van der Waals surface area contributed by atoms with Crippen molar-refractivity contribution in [1.82, 2.24) is 18.8 Å². The molecule has 0 atom stereocenters. The van der Waals surface area contributed by atoms with Crippen LogP contribution in [0.1, 0.15) is 62.1 Å². The molecule has 1 aliphatic carbocycles. The maximum absolute atomic E-state index is 13.8. The van der Waals surface area contributed by atoms with Gasteiger partial charge < -0.3 is 0 Å². The van der Waals surface area contributed by atoms with E-state index in [2.05, 4.69) is 16.9 Å². The number of rotatable bonds is 5. The Labute approximate surface area is 202 Å². The highest BCUT2D eigenvalue weighted by molar-refractivity contribution is 5.95. The van der Waals surface area contributed by atoms with E-state index < -0.39 is 32.7 Å². The first kappa shape index (κ1) is 22.4. The third-order valence-electron chi connectivity index (χ3n) is 7.46. The van der Waals surface area contributed by atoms with Gasteiger partial charge in [0.2, 0.25) is 10.9 Å². The second-order valence-corrected chi connectivity index (χ2v) is 9.63. The topological polar surface area (TPSA) is 151 Å². The molecule has 36 heavy (non-hydrogen) atoms. The van der Waals surface area contributed by atoms with Gasteiger partial charge in [-0.15, -0.1) is 0 Å². The van der Waals surface area contributed by atoms with Gasteiger partial charge in [-0.3, -0.25) is 34.4 Å². The summed E-state index contributed by atoms with van der Waals surface area (Å²) in [5.74, 6) is 0. The van der Waals surface area contributed by atoms with Gasteiger partial charge in [0, 0.05) is 11.1 Å². The van der Waals surface area contributed by atoms with Crippen molar-refractivity contribution in [3.63, 3.8) is 0 Å². The van der Waals surface area contributed by atoms with Gasteiger partial charge in [0.25, 0.3) is 11.1 Å². The van der Waals surface area contributed by atoms with Crippen molar-refractivity contribution < 1.29 is 0 Å². The standard InChI is InChI=1S/C26H24N6O4/c1-2-3-4-5-8-12-11-15-29-18-16(26(36)31(15)22(12)27)21(34)19-17(20(18)33)25(35)30-24-14-10-7-6-9-13(14)23(28)32(19)24/h11,27-28H,2-10H2,1H3. The van der Waals surface area contributed by atoms with Gasteiger partial charge >= 0.3 is 0 Å². The van der Waals surface area contributed by atoms with Gasteiger partial charge in [-0.1, -0.05) is 26.2 Å². The van der Waals surface area contributed by atoms with Crippen LogP contribution in [0.15, 0.2) is 25.2 Å². The van der Waals surface area contributed by atoms with Crippen LogP contribution in [-0.4, -0.2) is 18.8 Å². The van der Waals surface area contributed by atoms with E-state index in [1.165, 1.54) is 4.40 Å². The third kappa shape index (κ3) is 2.90. The summed E-state index contributed by atoms with van der Waals surface area (Å²) in [6, 6.07) is 1.60. The summed E-state index contributed by atoms with van der Waals surface area (Å²) in [6.07, 6.45) is 7.58. The summed E-state index contributed by atoms with van der Waals surface area (Å²) in [4.78, 5) is 62.2. The number of nitrogens with one attached hydrogen (secondary N) is 2. The van der Waals surface area contributed by atoms with Gasteiger partial charge in [-0.2, -0.15) is 4.98 Å². The molecule has 4 aromatic heterocycles. The molecule has 10 nitrogen and oxygen atoms in total. The lowest BCUT2D eigenvalue weighted by Crippen LogP contribution is -2.34. The Morgan fingerprint density at radius 3 is 2.36 bits per heavy atom. The van der Waals surface area contributed by atoms with Gasteiger partial charge in [0.1, 0.15) is 44.1 Å². The number of hydrogen-bond donors (Lipinski definition) is 2. The molecule has 0 saturated carbocycles. The van der Waals surface area contributed by atoms with E-state index in [-0.39, 0.29) is 33.3 Å². The first-order chi connectivity index (χ1) is 17.3. The normalized spacial score (nSPS) is 13.9. The molecule has 0 radical (unpaired) electrons. The van der Waals surface area contributed by atoms with Crippen molar-refractivity contribution in [1.29, 1.82) is 10.8 Å². The molecule has 1 aromatic carbocycles. The minimum atomic E-state index is -0.852. The Morgan fingerprint density at radius 1 is 0.861 bits per heavy atom. The maximum Gasteiger partial charge on any atom is 0.285 e. The summed E-state index contributed by atoms with van der Waals surface area (Å²) in [6.45, 7) is 2.11. The molecule has 1 aliphatic rings. The smallest absolute Gasteiger partial charge is 0.285 e. The highest BCUT2D eigenvalue weighted by Gasteiger charge is 2.26. The van der Waals surface area contributed by atoms with Crippen LogP contribution in [0, 0.1) is 10.8 Å². The lowest BCUT2D eigenvalue weighted by atomic mass is 9.95. The van der Waals surface area contributed by atoms with E-state index in [0.717, 1.165) is 54.1 Å². The number of benzene rings is 1. The summed E-state index contributed by atoms with van der Waals surface area (Å²) < 4.78 is 2.32. The Bertz CT molecular complexity index is 2060. The summed E-state index contributed by atoms with van der Waals surface area (Å²) in [5.41, 5.74) is -1.63. The van der Waals surface area contributed by atoms with Crippen LogP contribution in [0.3, 0.4) is 0 Å². The SMILES string of the molecule is CCCCCCc1cc2nc3c(=O)c4c(=O)nc5c6c(c(=N)n5c4c(=O)c3c(=O)n2c1=N)CCCC6. The van der Waals surface area contributed by atoms with E-state index in [1.807, 2.05) is 0 Å². The van der Waals surface area contributed by atoms with Crippen molar-refractivity contribution in [2.45, 2.75) is 64.7 Å². The molecule has 0 bridgehead atoms. The van der Waals surface area contributed by atoms with Crippen LogP contribution in [0.5, 0.6) is 0 Å². The van der Waals surface area contributed by atoms with Crippen molar-refractivity contribution in [3.8, 4) is 0 Å². The number of hydrogen-bond acceptors (Lipinski definition) is 8. The van der Waals surface area contributed by atoms with Crippen molar-refractivity contribution in [2.75, 3.05) is 0 Å². The molecule has 2 N–H and O–H groups in total. The van der Waals surface area contributed by atoms with Gasteiger partial charge in [-0.25, -0.2) is 9.38 Å². The lowest BCUT2D eigenvalue weighted by Gasteiger charge is -2.09. The van der Waals surface area contributed by atoms with Crippen LogP contribution >= 0.6 is 0 Å². The summed E-state index contributed by atoms with van der Waals surface area (Å²) in [5, 5.41) is 16.3. The molecule has 10 heteroatoms. The molecule has 0 unspecified atom stereocenters. The summed E-state index contributed by atoms with van der Waals surface area (Å²) in [7, 11) is 0. The predicted octanol–water partition coefficient (Wildman–Crippen LogP) is 1.00. The van der Waals surface area contributed by atoms with Crippen LogP contribution in [0.2, 0.25) is 0 Å². The van der Waals surface area contributed by atoms with Crippen LogP contribution in [0.25, 0.3) is 33.1 Å². The van der Waals surface area contributed by atoms with E-state index >= 15 is 0 Å². The lowest BCUT2D eigenvalue weighted by molar-refractivity contribution is 0.663. The molecular weight excluding hydrogens is 460 g/mol. The third-order valence-corrected chi connectivity index (χ3v) is 7.46. The van der Waals surface area contributed by atoms with Crippen LogP contribution in [0.4, 0.5) is 0 Å². The van der Waals surface area contributed by atoms with Crippen LogP contribution < -0.4 is 33.0 Å². The zero-order chi connectivity index (χ0) is 25.3. The average molecular weight is 485 g/mol.